The molecule has 0 radical (unpaired) electrons. The van der Waals surface area contributed by atoms with Crippen molar-refractivity contribution in [2.24, 2.45) is 0 Å². The molecule has 11 aromatic rings. The van der Waals surface area contributed by atoms with Gasteiger partial charge < -0.3 is 4.57 Å². The molecule has 0 atom stereocenters. The fourth-order valence-corrected chi connectivity index (χ4v) is 8.32. The van der Waals surface area contributed by atoms with Crippen LogP contribution in [-0.2, 0) is 0 Å². The number of benzene rings is 9. The van der Waals surface area contributed by atoms with Crippen molar-refractivity contribution in [2.75, 3.05) is 0 Å². The average Bonchev–Trinajstić information content (AvgIpc) is 3.65. The molecule has 0 saturated heterocycles. The van der Waals surface area contributed by atoms with Gasteiger partial charge in [-0.15, -0.1) is 0 Å². The molecule has 2 heterocycles. The molecule has 9 aromatic carbocycles. The van der Waals surface area contributed by atoms with Crippen molar-refractivity contribution in [1.29, 1.82) is 0 Å². The number of aromatic nitrogens is 4. The second-order valence-corrected chi connectivity index (χ2v) is 14.4. The van der Waals surface area contributed by atoms with E-state index in [1.54, 1.807) is 0 Å². The highest BCUT2D eigenvalue weighted by atomic mass is 15.0. The molecule has 0 saturated carbocycles. The van der Waals surface area contributed by atoms with Crippen LogP contribution in [0.15, 0.2) is 206 Å². The highest BCUT2D eigenvalue weighted by Gasteiger charge is 2.21. The fourth-order valence-electron chi connectivity index (χ4n) is 8.32. The van der Waals surface area contributed by atoms with E-state index >= 15 is 0 Å². The minimum Gasteiger partial charge on any atom is -0.309 e. The summed E-state index contributed by atoms with van der Waals surface area (Å²) >= 11 is 0. The van der Waals surface area contributed by atoms with Crippen LogP contribution in [0.4, 0.5) is 0 Å². The smallest absolute Gasteiger partial charge is 0.164 e. The quantitative estimate of drug-likeness (QED) is 0.171. The number of hydrogen-bond donors (Lipinski definition) is 0. The second kappa shape index (κ2) is 13.6. The first-order valence-corrected chi connectivity index (χ1v) is 19.3. The van der Waals surface area contributed by atoms with Gasteiger partial charge in [-0.25, -0.2) is 15.0 Å². The summed E-state index contributed by atoms with van der Waals surface area (Å²) in [5, 5.41) is 7.41. The lowest BCUT2D eigenvalue weighted by atomic mass is 10.00. The van der Waals surface area contributed by atoms with Gasteiger partial charge in [-0.3, -0.25) is 0 Å². The number of nitrogens with zero attached hydrogens (tertiary/aromatic N) is 4. The Kier molecular flexibility index (Phi) is 7.78. The summed E-state index contributed by atoms with van der Waals surface area (Å²) in [4.78, 5) is 15.4. The topological polar surface area (TPSA) is 43.6 Å². The molecule has 11 rings (SSSR count). The van der Waals surface area contributed by atoms with E-state index in [2.05, 4.69) is 187 Å². The Morgan fingerprint density at radius 2 is 0.702 bits per heavy atom. The van der Waals surface area contributed by atoms with E-state index in [0.717, 1.165) is 50.1 Å². The van der Waals surface area contributed by atoms with E-state index in [0.29, 0.717) is 17.5 Å². The normalized spacial score (nSPS) is 11.5. The third-order valence-electron chi connectivity index (χ3n) is 11.0. The molecule has 0 aliphatic heterocycles. The Morgan fingerprint density at radius 1 is 0.298 bits per heavy atom. The van der Waals surface area contributed by atoms with E-state index in [-0.39, 0.29) is 0 Å². The van der Waals surface area contributed by atoms with Crippen molar-refractivity contribution in [3.63, 3.8) is 0 Å². The molecule has 4 nitrogen and oxygen atoms in total. The van der Waals surface area contributed by atoms with Crippen LogP contribution in [0.3, 0.4) is 0 Å². The van der Waals surface area contributed by atoms with Crippen molar-refractivity contribution in [3.8, 4) is 62.1 Å². The maximum absolute atomic E-state index is 5.20. The SMILES string of the molecule is c1ccc(-c2ccc(-c3nc(-c4ccccc4)nc(-c4ccc(-c5ccccc5)c(-n5c6ccc7ccccc7c6c6c7ccccc7ccc65)c4)n3)cc2)cc1. The predicted molar refractivity (Wildman–Crippen MR) is 236 cm³/mol. The lowest BCUT2D eigenvalue weighted by Crippen LogP contribution is -2.02. The summed E-state index contributed by atoms with van der Waals surface area (Å²) in [5.74, 6) is 1.87. The van der Waals surface area contributed by atoms with Crippen LogP contribution in [0, 0.1) is 0 Å². The molecule has 57 heavy (non-hydrogen) atoms. The zero-order chi connectivity index (χ0) is 37.7. The lowest BCUT2D eigenvalue weighted by Gasteiger charge is -2.16. The van der Waals surface area contributed by atoms with Crippen molar-refractivity contribution < 1.29 is 0 Å². The Balaban J connectivity index is 1.17. The van der Waals surface area contributed by atoms with Gasteiger partial charge in [0.1, 0.15) is 0 Å². The largest absolute Gasteiger partial charge is 0.309 e. The zero-order valence-corrected chi connectivity index (χ0v) is 30.9. The maximum Gasteiger partial charge on any atom is 0.164 e. The summed E-state index contributed by atoms with van der Waals surface area (Å²) in [6.07, 6.45) is 0. The van der Waals surface area contributed by atoms with Crippen LogP contribution in [0.25, 0.3) is 105 Å². The van der Waals surface area contributed by atoms with Crippen LogP contribution in [0.1, 0.15) is 0 Å². The molecular formula is C53H34N4. The van der Waals surface area contributed by atoms with Crippen LogP contribution in [0.5, 0.6) is 0 Å². The number of rotatable bonds is 6. The first kappa shape index (κ1) is 32.7. The van der Waals surface area contributed by atoms with E-state index in [1.165, 1.54) is 37.9 Å². The Morgan fingerprint density at radius 3 is 1.26 bits per heavy atom. The maximum atomic E-state index is 5.20. The van der Waals surface area contributed by atoms with E-state index in [4.69, 9.17) is 15.0 Å². The van der Waals surface area contributed by atoms with Crippen molar-refractivity contribution >= 4 is 43.4 Å². The summed E-state index contributed by atoms with van der Waals surface area (Å²) in [6, 6.07) is 72.8. The number of hydrogen-bond acceptors (Lipinski definition) is 3. The summed E-state index contributed by atoms with van der Waals surface area (Å²) in [7, 11) is 0. The highest BCUT2D eigenvalue weighted by Crippen LogP contribution is 2.43. The van der Waals surface area contributed by atoms with E-state index in [1.807, 2.05) is 24.3 Å². The highest BCUT2D eigenvalue weighted by molar-refractivity contribution is 6.28. The first-order chi connectivity index (χ1) is 28.3. The predicted octanol–water partition coefficient (Wildman–Crippen LogP) is 13.6. The molecule has 2 aromatic heterocycles. The van der Waals surface area contributed by atoms with Crippen molar-refractivity contribution in [2.45, 2.75) is 0 Å². The summed E-state index contributed by atoms with van der Waals surface area (Å²) in [5.41, 5.74) is 10.7. The third-order valence-corrected chi connectivity index (χ3v) is 11.0. The Bertz CT molecular complexity index is 3170. The standard InChI is InChI=1S/C53H34N4/c1-4-14-35(15-5-1)36-24-26-41(27-25-36)52-54-51(40-20-8-3-9-21-40)55-53(56-52)42-28-31-43(37-16-6-2-7-17-37)48(34-42)57-46-32-29-38-18-10-12-22-44(38)49(46)50-45-23-13-11-19-39(45)30-33-47(50)57/h1-34H. The second-order valence-electron chi connectivity index (χ2n) is 14.4. The fraction of sp³-hybridized carbons (Fsp3) is 0. The molecule has 0 fully saturated rings. The molecule has 0 bridgehead atoms. The van der Waals surface area contributed by atoms with Crippen molar-refractivity contribution in [3.05, 3.63) is 206 Å². The van der Waals surface area contributed by atoms with E-state index < -0.39 is 0 Å². The minimum atomic E-state index is 0.614. The minimum absolute atomic E-state index is 0.614. The van der Waals surface area contributed by atoms with Gasteiger partial charge in [-0.1, -0.05) is 188 Å². The molecule has 0 unspecified atom stereocenters. The van der Waals surface area contributed by atoms with Gasteiger partial charge in [0.05, 0.1) is 16.7 Å². The zero-order valence-electron chi connectivity index (χ0n) is 30.9. The van der Waals surface area contributed by atoms with Gasteiger partial charge >= 0.3 is 0 Å². The van der Waals surface area contributed by atoms with Gasteiger partial charge in [-0.05, 0) is 56.4 Å². The molecule has 4 heteroatoms. The molecule has 0 aliphatic carbocycles. The monoisotopic (exact) mass is 726 g/mol. The van der Waals surface area contributed by atoms with Gasteiger partial charge in [-0.2, -0.15) is 0 Å². The molecular weight excluding hydrogens is 693 g/mol. The van der Waals surface area contributed by atoms with Crippen LogP contribution >= 0.6 is 0 Å². The summed E-state index contributed by atoms with van der Waals surface area (Å²) in [6.45, 7) is 0. The Labute approximate surface area is 330 Å². The molecule has 0 N–H and O–H groups in total. The number of fused-ring (bicyclic) bond motifs is 7. The van der Waals surface area contributed by atoms with Gasteiger partial charge in [0.25, 0.3) is 0 Å². The van der Waals surface area contributed by atoms with Crippen molar-refractivity contribution in [1.82, 2.24) is 19.5 Å². The van der Waals surface area contributed by atoms with Crippen LogP contribution < -0.4 is 0 Å². The average molecular weight is 727 g/mol. The van der Waals surface area contributed by atoms with Gasteiger partial charge in [0.2, 0.25) is 0 Å². The molecule has 0 amide bonds. The van der Waals surface area contributed by atoms with Crippen LogP contribution in [-0.4, -0.2) is 19.5 Å². The summed E-state index contributed by atoms with van der Waals surface area (Å²) < 4.78 is 2.44. The lowest BCUT2D eigenvalue weighted by molar-refractivity contribution is 1.07. The van der Waals surface area contributed by atoms with Gasteiger partial charge in [0.15, 0.2) is 17.5 Å². The van der Waals surface area contributed by atoms with Gasteiger partial charge in [0, 0.05) is 33.0 Å². The molecule has 0 spiro atoms. The first-order valence-electron chi connectivity index (χ1n) is 19.3. The molecule has 0 aliphatic rings. The van der Waals surface area contributed by atoms with E-state index in [9.17, 15) is 0 Å². The third kappa shape index (κ3) is 5.66. The molecule has 266 valence electrons. The Hall–Kier alpha value is -7.69. The van der Waals surface area contributed by atoms with Crippen LogP contribution in [0.2, 0.25) is 0 Å².